The fourth-order valence-electron chi connectivity index (χ4n) is 2.48. The minimum Gasteiger partial charge on any atom is -0.301 e. The Balaban J connectivity index is 2.59. The van der Waals surface area contributed by atoms with Crippen LogP contribution < -0.4 is 0 Å². The van der Waals surface area contributed by atoms with Gasteiger partial charge < -0.3 is 4.90 Å². The van der Waals surface area contributed by atoms with Crippen molar-refractivity contribution in [2.45, 2.75) is 58.4 Å². The van der Waals surface area contributed by atoms with E-state index in [9.17, 15) is 0 Å². The summed E-state index contributed by atoms with van der Waals surface area (Å²) in [5, 5.41) is 0. The molecule has 0 amide bonds. The van der Waals surface area contributed by atoms with E-state index >= 15 is 0 Å². The van der Waals surface area contributed by atoms with Crippen LogP contribution in [-0.4, -0.2) is 29.8 Å². The fourth-order valence-corrected chi connectivity index (χ4v) is 2.89. The van der Waals surface area contributed by atoms with Crippen molar-refractivity contribution in [3.63, 3.8) is 0 Å². The molecule has 0 aromatic heterocycles. The molecule has 1 nitrogen and oxygen atoms in total. The molecule has 0 aromatic carbocycles. The molecule has 0 unspecified atom stereocenters. The molecule has 15 heavy (non-hydrogen) atoms. The monoisotopic (exact) mass is 229 g/mol. The minimum atomic E-state index is 0.332. The van der Waals surface area contributed by atoms with Crippen LogP contribution in [0, 0.1) is 5.41 Å². The van der Waals surface area contributed by atoms with E-state index in [2.05, 4.69) is 45.3 Å². The van der Waals surface area contributed by atoms with E-state index in [-0.39, 0.29) is 0 Å². The minimum absolute atomic E-state index is 0.332. The molecule has 0 spiro atoms. The Kier molecular flexibility index (Phi) is 4.54. The van der Waals surface area contributed by atoms with Crippen molar-refractivity contribution >= 4 is 12.6 Å². The van der Waals surface area contributed by atoms with Crippen LogP contribution >= 0.6 is 12.6 Å². The molecule has 2 heteroatoms. The molecule has 1 fully saturated rings. The molecule has 0 N–H and O–H groups in total. The predicted molar refractivity (Wildman–Crippen MR) is 71.8 cm³/mol. The second-order valence-electron chi connectivity index (χ2n) is 5.89. The lowest BCUT2D eigenvalue weighted by molar-refractivity contribution is 0.0950. The van der Waals surface area contributed by atoms with Crippen LogP contribution in [-0.2, 0) is 0 Å². The van der Waals surface area contributed by atoms with Gasteiger partial charge in [0.15, 0.2) is 0 Å². The van der Waals surface area contributed by atoms with Gasteiger partial charge in [0.1, 0.15) is 0 Å². The third kappa shape index (κ3) is 3.13. The first-order valence-electron chi connectivity index (χ1n) is 6.28. The van der Waals surface area contributed by atoms with Gasteiger partial charge in [-0.3, -0.25) is 0 Å². The number of hydrogen-bond acceptors (Lipinski definition) is 2. The van der Waals surface area contributed by atoms with Crippen LogP contribution in [0.15, 0.2) is 0 Å². The summed E-state index contributed by atoms with van der Waals surface area (Å²) >= 11 is 4.57. The lowest BCUT2D eigenvalue weighted by Crippen LogP contribution is -2.46. The maximum Gasteiger partial charge on any atom is 0.0147 e. The molecule has 1 rings (SSSR count). The summed E-state index contributed by atoms with van der Waals surface area (Å²) in [4.78, 5) is 2.54. The second kappa shape index (κ2) is 5.09. The van der Waals surface area contributed by atoms with Gasteiger partial charge in [0.05, 0.1) is 0 Å². The van der Waals surface area contributed by atoms with Crippen molar-refractivity contribution in [2.24, 2.45) is 5.41 Å². The number of thiol groups is 1. The molecule has 0 heterocycles. The number of hydrogen-bond donors (Lipinski definition) is 1. The number of rotatable bonds is 5. The zero-order chi connectivity index (χ0) is 11.5. The zero-order valence-electron chi connectivity index (χ0n) is 10.8. The van der Waals surface area contributed by atoms with Gasteiger partial charge in [-0.15, -0.1) is 0 Å². The third-order valence-corrected chi connectivity index (χ3v) is 5.14. The van der Waals surface area contributed by atoms with Gasteiger partial charge in [-0.05, 0) is 51.3 Å². The van der Waals surface area contributed by atoms with Crippen LogP contribution in [0.3, 0.4) is 0 Å². The fraction of sp³-hybridized carbons (Fsp3) is 1.00. The largest absolute Gasteiger partial charge is 0.301 e. The normalized spacial score (nSPS) is 21.2. The summed E-state index contributed by atoms with van der Waals surface area (Å²) in [7, 11) is 2.27. The Morgan fingerprint density at radius 1 is 1.27 bits per heavy atom. The molecule has 1 aliphatic carbocycles. The molecule has 90 valence electrons. The highest BCUT2D eigenvalue weighted by molar-refractivity contribution is 7.80. The van der Waals surface area contributed by atoms with Crippen molar-refractivity contribution in [1.29, 1.82) is 0 Å². The van der Waals surface area contributed by atoms with Gasteiger partial charge in [-0.2, -0.15) is 12.6 Å². The highest BCUT2D eigenvalue weighted by Gasteiger charge is 2.36. The van der Waals surface area contributed by atoms with Crippen LogP contribution in [0.1, 0.15) is 52.9 Å². The summed E-state index contributed by atoms with van der Waals surface area (Å²) in [6.45, 7) is 8.18. The third-order valence-electron chi connectivity index (χ3n) is 4.47. The van der Waals surface area contributed by atoms with Crippen molar-refractivity contribution < 1.29 is 0 Å². The Morgan fingerprint density at radius 2 is 1.80 bits per heavy atom. The maximum absolute atomic E-state index is 4.57. The second-order valence-corrected chi connectivity index (χ2v) is 6.20. The lowest BCUT2D eigenvalue weighted by Gasteiger charge is -2.41. The van der Waals surface area contributed by atoms with Crippen LogP contribution in [0.25, 0.3) is 0 Å². The first kappa shape index (κ1) is 13.4. The van der Waals surface area contributed by atoms with Crippen molar-refractivity contribution in [3.8, 4) is 0 Å². The Hall–Kier alpha value is 0.310. The van der Waals surface area contributed by atoms with Crippen LogP contribution in [0.5, 0.6) is 0 Å². The Bertz CT molecular complexity index is 195. The van der Waals surface area contributed by atoms with Crippen LogP contribution in [0.2, 0.25) is 0 Å². The highest BCUT2D eigenvalue weighted by Crippen LogP contribution is 2.40. The molecule has 0 bridgehead atoms. The van der Waals surface area contributed by atoms with E-state index in [4.69, 9.17) is 0 Å². The van der Waals surface area contributed by atoms with Gasteiger partial charge >= 0.3 is 0 Å². The van der Waals surface area contributed by atoms with Gasteiger partial charge in [-0.25, -0.2) is 0 Å². The molecule has 0 radical (unpaired) electrons. The van der Waals surface area contributed by atoms with E-state index in [1.807, 2.05) is 0 Å². The smallest absolute Gasteiger partial charge is 0.0147 e. The zero-order valence-corrected chi connectivity index (χ0v) is 11.7. The molecule has 0 aliphatic heterocycles. The van der Waals surface area contributed by atoms with Gasteiger partial charge in [0.2, 0.25) is 0 Å². The molecular weight excluding hydrogens is 202 g/mol. The molecule has 1 saturated carbocycles. The van der Waals surface area contributed by atoms with Crippen molar-refractivity contribution in [1.82, 2.24) is 4.90 Å². The predicted octanol–water partition coefficient (Wildman–Crippen LogP) is 3.60. The van der Waals surface area contributed by atoms with E-state index in [0.717, 1.165) is 5.75 Å². The number of nitrogens with zero attached hydrogens (tertiary/aromatic N) is 1. The summed E-state index contributed by atoms with van der Waals surface area (Å²) in [5.41, 5.74) is 0.836. The van der Waals surface area contributed by atoms with Crippen molar-refractivity contribution in [3.05, 3.63) is 0 Å². The Labute approximate surface area is 101 Å². The van der Waals surface area contributed by atoms with Crippen molar-refractivity contribution in [2.75, 3.05) is 19.3 Å². The van der Waals surface area contributed by atoms with E-state index in [1.54, 1.807) is 0 Å². The molecule has 1 aliphatic rings. The molecule has 0 saturated heterocycles. The first-order valence-corrected chi connectivity index (χ1v) is 6.91. The quantitative estimate of drug-likeness (QED) is 0.705. The maximum atomic E-state index is 4.57. The van der Waals surface area contributed by atoms with Gasteiger partial charge in [0, 0.05) is 12.1 Å². The molecule has 0 atom stereocenters. The van der Waals surface area contributed by atoms with E-state index in [0.29, 0.717) is 11.0 Å². The van der Waals surface area contributed by atoms with E-state index in [1.165, 1.54) is 38.6 Å². The van der Waals surface area contributed by atoms with Crippen LogP contribution in [0.4, 0.5) is 0 Å². The topological polar surface area (TPSA) is 3.24 Å². The highest BCUT2D eigenvalue weighted by atomic mass is 32.1. The van der Waals surface area contributed by atoms with E-state index < -0.39 is 0 Å². The summed E-state index contributed by atoms with van der Waals surface area (Å²) in [6.07, 6.45) is 6.77. The average molecular weight is 229 g/mol. The lowest BCUT2D eigenvalue weighted by atomic mass is 9.86. The summed E-state index contributed by atoms with van der Waals surface area (Å²) in [5.74, 6) is 1.05. The van der Waals surface area contributed by atoms with Gasteiger partial charge in [0.25, 0.3) is 0 Å². The summed E-state index contributed by atoms with van der Waals surface area (Å²) < 4.78 is 0. The first-order chi connectivity index (χ1) is 6.96. The molecule has 0 aromatic rings. The van der Waals surface area contributed by atoms with Gasteiger partial charge in [-0.1, -0.05) is 19.8 Å². The average Bonchev–Trinajstić information content (AvgIpc) is 2.67. The SMILES string of the molecule is CCC(C)(C)N(C)CC1(CS)CCCC1. The Morgan fingerprint density at radius 3 is 2.20 bits per heavy atom. The summed E-state index contributed by atoms with van der Waals surface area (Å²) in [6, 6.07) is 0. The molecular formula is C13H27NS. The standard InChI is InChI=1S/C13H27NS/c1-5-12(2,3)14(4)10-13(11-15)8-6-7-9-13/h15H,5-11H2,1-4H3.